The van der Waals surface area contributed by atoms with Gasteiger partial charge in [0.25, 0.3) is 0 Å². The van der Waals surface area contributed by atoms with E-state index in [-0.39, 0.29) is 10.6 Å². The molecule has 0 atom stereocenters. The van der Waals surface area contributed by atoms with Gasteiger partial charge in [0.05, 0.1) is 15.6 Å². The monoisotopic (exact) mass is 335 g/mol. The molecule has 1 aromatic rings. The number of nitrogens with two attached hydrogens (primary N) is 1. The normalized spacial score (nSPS) is 17.2. The first-order valence-electron chi connectivity index (χ1n) is 6.34. The quantitative estimate of drug-likeness (QED) is 0.792. The van der Waals surface area contributed by atoms with Crippen LogP contribution in [-0.2, 0) is 10.0 Å². The van der Waals surface area contributed by atoms with Crippen molar-refractivity contribution in [1.29, 1.82) is 0 Å². The molecule has 0 bridgehead atoms. The molecule has 112 valence electrons. The van der Waals surface area contributed by atoms with Crippen molar-refractivity contribution in [2.24, 2.45) is 0 Å². The van der Waals surface area contributed by atoms with E-state index in [0.29, 0.717) is 11.6 Å². The van der Waals surface area contributed by atoms with Crippen molar-refractivity contribution in [3.63, 3.8) is 0 Å². The number of sulfonamides is 1. The molecule has 1 heterocycles. The first kappa shape index (κ1) is 15.9. The standard InChI is InChI=1S/C12H18ClN3O2S2/c13-11-2-1-10(9-12(11)14)20(17,18)15-3-4-16-5-7-19-8-6-16/h1-2,9,15H,3-8,14H2. The van der Waals surface area contributed by atoms with E-state index in [1.807, 2.05) is 11.8 Å². The molecule has 20 heavy (non-hydrogen) atoms. The van der Waals surface area contributed by atoms with Gasteiger partial charge in [-0.05, 0) is 18.2 Å². The Morgan fingerprint density at radius 1 is 1.35 bits per heavy atom. The van der Waals surface area contributed by atoms with Gasteiger partial charge in [0.15, 0.2) is 0 Å². The fourth-order valence-electron chi connectivity index (χ4n) is 1.94. The van der Waals surface area contributed by atoms with Crippen LogP contribution in [0.4, 0.5) is 5.69 Å². The number of benzene rings is 1. The molecule has 0 unspecified atom stereocenters. The van der Waals surface area contributed by atoms with Crippen LogP contribution >= 0.6 is 23.4 Å². The molecule has 0 spiro atoms. The maximum absolute atomic E-state index is 12.1. The average molecular weight is 336 g/mol. The second-order valence-corrected chi connectivity index (χ2v) is 7.93. The molecule has 1 fully saturated rings. The molecule has 3 N–H and O–H groups in total. The lowest BCUT2D eigenvalue weighted by molar-refractivity contribution is 0.307. The molecule has 1 aliphatic rings. The summed E-state index contributed by atoms with van der Waals surface area (Å²) in [5, 5.41) is 0.356. The van der Waals surface area contributed by atoms with Crippen molar-refractivity contribution >= 4 is 39.1 Å². The summed E-state index contributed by atoms with van der Waals surface area (Å²) >= 11 is 7.72. The van der Waals surface area contributed by atoms with Gasteiger partial charge in [0.2, 0.25) is 10.0 Å². The number of hydrogen-bond acceptors (Lipinski definition) is 5. The van der Waals surface area contributed by atoms with Gasteiger partial charge in [0.1, 0.15) is 0 Å². The van der Waals surface area contributed by atoms with E-state index in [1.54, 1.807) is 0 Å². The summed E-state index contributed by atoms with van der Waals surface area (Å²) in [5.41, 5.74) is 5.89. The van der Waals surface area contributed by atoms with Crippen LogP contribution in [0.5, 0.6) is 0 Å². The Morgan fingerprint density at radius 3 is 2.70 bits per heavy atom. The fourth-order valence-corrected chi connectivity index (χ4v) is 4.09. The average Bonchev–Trinajstić information content (AvgIpc) is 2.43. The second kappa shape index (κ2) is 7.00. The molecule has 0 saturated carbocycles. The van der Waals surface area contributed by atoms with Gasteiger partial charge in [0, 0.05) is 37.7 Å². The summed E-state index contributed by atoms with van der Waals surface area (Å²) in [6.07, 6.45) is 0. The highest BCUT2D eigenvalue weighted by atomic mass is 35.5. The minimum Gasteiger partial charge on any atom is -0.397 e. The van der Waals surface area contributed by atoms with Crippen LogP contribution < -0.4 is 10.5 Å². The Balaban J connectivity index is 1.91. The van der Waals surface area contributed by atoms with Gasteiger partial charge in [-0.3, -0.25) is 0 Å². The zero-order valence-electron chi connectivity index (χ0n) is 11.0. The third-order valence-corrected chi connectivity index (χ3v) is 5.85. The van der Waals surface area contributed by atoms with E-state index < -0.39 is 10.0 Å². The largest absolute Gasteiger partial charge is 0.397 e. The zero-order valence-corrected chi connectivity index (χ0v) is 13.4. The van der Waals surface area contributed by atoms with Crippen LogP contribution in [0.25, 0.3) is 0 Å². The third-order valence-electron chi connectivity index (χ3n) is 3.10. The molecule has 1 saturated heterocycles. The Hall–Kier alpha value is -0.470. The predicted molar refractivity (Wildman–Crippen MR) is 84.8 cm³/mol. The van der Waals surface area contributed by atoms with E-state index in [9.17, 15) is 8.42 Å². The third kappa shape index (κ3) is 4.26. The highest BCUT2D eigenvalue weighted by molar-refractivity contribution is 7.99. The smallest absolute Gasteiger partial charge is 0.240 e. The molecule has 0 aromatic heterocycles. The molecule has 0 radical (unpaired) electrons. The number of nitrogens with one attached hydrogen (secondary N) is 1. The fraction of sp³-hybridized carbons (Fsp3) is 0.500. The zero-order chi connectivity index (χ0) is 14.6. The Bertz CT molecular complexity index is 560. The van der Waals surface area contributed by atoms with Crippen LogP contribution in [-0.4, -0.2) is 51.0 Å². The van der Waals surface area contributed by atoms with Crippen molar-refractivity contribution in [3.8, 4) is 0 Å². The molecule has 2 rings (SSSR count). The van der Waals surface area contributed by atoms with E-state index in [1.165, 1.54) is 18.2 Å². The van der Waals surface area contributed by atoms with Crippen molar-refractivity contribution in [3.05, 3.63) is 23.2 Å². The maximum Gasteiger partial charge on any atom is 0.240 e. The molecule has 0 aliphatic carbocycles. The van der Waals surface area contributed by atoms with Crippen LogP contribution in [0.2, 0.25) is 5.02 Å². The minimum atomic E-state index is -3.52. The lowest BCUT2D eigenvalue weighted by atomic mass is 10.3. The highest BCUT2D eigenvalue weighted by Crippen LogP contribution is 2.22. The summed E-state index contributed by atoms with van der Waals surface area (Å²) in [6.45, 7) is 3.15. The summed E-state index contributed by atoms with van der Waals surface area (Å²) in [7, 11) is -3.52. The summed E-state index contributed by atoms with van der Waals surface area (Å²) in [5.74, 6) is 2.22. The van der Waals surface area contributed by atoms with Crippen molar-refractivity contribution in [2.75, 3.05) is 43.4 Å². The van der Waals surface area contributed by atoms with E-state index >= 15 is 0 Å². The highest BCUT2D eigenvalue weighted by Gasteiger charge is 2.16. The predicted octanol–water partition coefficient (Wildman–Crippen LogP) is 1.25. The lowest BCUT2D eigenvalue weighted by Gasteiger charge is -2.25. The number of halogens is 1. The SMILES string of the molecule is Nc1cc(S(=O)(=O)NCCN2CCSCC2)ccc1Cl. The summed E-state index contributed by atoms with van der Waals surface area (Å²) < 4.78 is 26.8. The molecular weight excluding hydrogens is 318 g/mol. The van der Waals surface area contributed by atoms with Gasteiger partial charge in [-0.15, -0.1) is 0 Å². The number of nitrogen functional groups attached to an aromatic ring is 1. The molecule has 1 aromatic carbocycles. The van der Waals surface area contributed by atoms with Gasteiger partial charge in [-0.2, -0.15) is 11.8 Å². The number of anilines is 1. The van der Waals surface area contributed by atoms with Crippen LogP contribution in [0.15, 0.2) is 23.1 Å². The number of hydrogen-bond donors (Lipinski definition) is 2. The van der Waals surface area contributed by atoms with Gasteiger partial charge in [-0.1, -0.05) is 11.6 Å². The van der Waals surface area contributed by atoms with Crippen LogP contribution in [0.3, 0.4) is 0 Å². The van der Waals surface area contributed by atoms with Crippen LogP contribution in [0, 0.1) is 0 Å². The number of rotatable bonds is 5. The van der Waals surface area contributed by atoms with Crippen molar-refractivity contribution in [2.45, 2.75) is 4.90 Å². The molecule has 1 aliphatic heterocycles. The Labute approximate surface area is 128 Å². The number of nitrogens with zero attached hydrogens (tertiary/aromatic N) is 1. The molecular formula is C12H18ClN3O2S2. The van der Waals surface area contributed by atoms with Crippen molar-refractivity contribution in [1.82, 2.24) is 9.62 Å². The van der Waals surface area contributed by atoms with Gasteiger partial charge in [-0.25, -0.2) is 13.1 Å². The number of thioether (sulfide) groups is 1. The van der Waals surface area contributed by atoms with E-state index in [0.717, 1.165) is 31.1 Å². The summed E-state index contributed by atoms with van der Waals surface area (Å²) in [4.78, 5) is 2.41. The Kier molecular flexibility index (Phi) is 5.57. The topological polar surface area (TPSA) is 75.4 Å². The van der Waals surface area contributed by atoms with Gasteiger partial charge >= 0.3 is 0 Å². The van der Waals surface area contributed by atoms with E-state index in [4.69, 9.17) is 17.3 Å². The van der Waals surface area contributed by atoms with Crippen molar-refractivity contribution < 1.29 is 8.42 Å². The second-order valence-electron chi connectivity index (χ2n) is 4.54. The van der Waals surface area contributed by atoms with E-state index in [2.05, 4.69) is 9.62 Å². The first-order valence-corrected chi connectivity index (χ1v) is 9.35. The Morgan fingerprint density at radius 2 is 2.05 bits per heavy atom. The van der Waals surface area contributed by atoms with Crippen LogP contribution in [0.1, 0.15) is 0 Å². The summed E-state index contributed by atoms with van der Waals surface area (Å²) in [6, 6.07) is 4.33. The first-order chi connectivity index (χ1) is 9.49. The molecule has 0 amide bonds. The maximum atomic E-state index is 12.1. The van der Waals surface area contributed by atoms with Gasteiger partial charge < -0.3 is 10.6 Å². The molecule has 8 heteroatoms. The molecule has 5 nitrogen and oxygen atoms in total. The minimum absolute atomic E-state index is 0.147. The lowest BCUT2D eigenvalue weighted by Crippen LogP contribution is -2.39.